The van der Waals surface area contributed by atoms with E-state index in [-0.39, 0.29) is 0 Å². The van der Waals surface area contributed by atoms with Crippen LogP contribution < -0.4 is 4.57 Å². The van der Waals surface area contributed by atoms with Gasteiger partial charge in [0.1, 0.15) is 0 Å². The van der Waals surface area contributed by atoms with Crippen LogP contribution in [0.5, 0.6) is 0 Å². The third-order valence-corrected chi connectivity index (χ3v) is 7.38. The summed E-state index contributed by atoms with van der Waals surface area (Å²) >= 11 is 0. The van der Waals surface area contributed by atoms with Crippen molar-refractivity contribution >= 4 is 22.1 Å². The molecule has 0 radical (unpaired) electrons. The van der Waals surface area contributed by atoms with E-state index in [1.165, 1.54) is 22.4 Å². The molecular formula is C29H37N2O+. The van der Waals surface area contributed by atoms with Crippen molar-refractivity contribution in [3.05, 3.63) is 59.4 Å². The summed E-state index contributed by atoms with van der Waals surface area (Å²) in [6.45, 7) is 15.8. The van der Waals surface area contributed by atoms with Crippen LogP contribution in [0.2, 0.25) is 0 Å². The second-order valence-electron chi connectivity index (χ2n) is 9.46. The van der Waals surface area contributed by atoms with Gasteiger partial charge in [0.2, 0.25) is 11.4 Å². The molecule has 4 aromatic rings. The lowest BCUT2D eigenvalue weighted by atomic mass is 9.92. The Morgan fingerprint density at radius 2 is 1.66 bits per heavy atom. The Labute approximate surface area is 192 Å². The fourth-order valence-electron chi connectivity index (χ4n) is 4.94. The van der Waals surface area contributed by atoms with Crippen LogP contribution in [0.1, 0.15) is 82.7 Å². The van der Waals surface area contributed by atoms with E-state index in [0.717, 1.165) is 47.0 Å². The summed E-state index contributed by atoms with van der Waals surface area (Å²) < 4.78 is 8.96. The van der Waals surface area contributed by atoms with Crippen molar-refractivity contribution < 1.29 is 8.98 Å². The summed E-state index contributed by atoms with van der Waals surface area (Å²) in [5.41, 5.74) is 7.74. The minimum absolute atomic E-state index is 0.445. The van der Waals surface area contributed by atoms with Gasteiger partial charge >= 0.3 is 0 Å². The fourth-order valence-corrected chi connectivity index (χ4v) is 4.94. The van der Waals surface area contributed by atoms with E-state index >= 15 is 0 Å². The highest BCUT2D eigenvalue weighted by molar-refractivity contribution is 6.08. The first-order valence-corrected chi connectivity index (χ1v) is 12.2. The molecule has 0 fully saturated rings. The molecule has 0 spiro atoms. The van der Waals surface area contributed by atoms with Crippen molar-refractivity contribution in [1.29, 1.82) is 0 Å². The summed E-state index contributed by atoms with van der Waals surface area (Å²) in [7, 11) is 0. The molecule has 3 nitrogen and oxygen atoms in total. The molecule has 0 N–H and O–H groups in total. The van der Waals surface area contributed by atoms with E-state index in [0.29, 0.717) is 17.9 Å². The van der Waals surface area contributed by atoms with E-state index in [9.17, 15) is 0 Å². The normalized spacial score (nSPS) is 14.7. The second kappa shape index (κ2) is 9.05. The van der Waals surface area contributed by atoms with Crippen molar-refractivity contribution in [2.45, 2.75) is 79.7 Å². The summed E-state index contributed by atoms with van der Waals surface area (Å²) in [4.78, 5) is 4.68. The van der Waals surface area contributed by atoms with Crippen LogP contribution >= 0.6 is 0 Å². The third kappa shape index (κ3) is 3.83. The van der Waals surface area contributed by atoms with Gasteiger partial charge in [-0.1, -0.05) is 46.8 Å². The van der Waals surface area contributed by atoms with Gasteiger partial charge in [-0.15, -0.1) is 0 Å². The smallest absolute Gasteiger partial charge is 0.227 e. The number of aromatic nitrogens is 2. The number of aryl methyl sites for hydroxylation is 2. The molecule has 3 unspecified atom stereocenters. The molecule has 0 bridgehead atoms. The van der Waals surface area contributed by atoms with Gasteiger partial charge < -0.3 is 4.42 Å². The van der Waals surface area contributed by atoms with E-state index in [4.69, 9.17) is 4.42 Å². The van der Waals surface area contributed by atoms with Crippen LogP contribution in [0.3, 0.4) is 0 Å². The number of rotatable bonds is 7. The van der Waals surface area contributed by atoms with Crippen molar-refractivity contribution in [1.82, 2.24) is 4.98 Å². The molecule has 3 heterocycles. The lowest BCUT2D eigenvalue weighted by molar-refractivity contribution is -0.720. The lowest BCUT2D eigenvalue weighted by Gasteiger charge is -2.21. The Morgan fingerprint density at radius 3 is 2.34 bits per heavy atom. The first kappa shape index (κ1) is 22.5. The lowest BCUT2D eigenvalue weighted by Crippen LogP contribution is -2.44. The molecule has 4 rings (SSSR count). The summed E-state index contributed by atoms with van der Waals surface area (Å²) in [6.07, 6.45) is 5.71. The first-order chi connectivity index (χ1) is 15.4. The highest BCUT2D eigenvalue weighted by Crippen LogP contribution is 2.38. The van der Waals surface area contributed by atoms with Gasteiger partial charge in [0.15, 0.2) is 17.8 Å². The molecule has 0 aliphatic heterocycles. The minimum Gasteiger partial charge on any atom is -0.437 e. The average Bonchev–Trinajstić information content (AvgIpc) is 3.16. The Balaban J connectivity index is 2.06. The molecule has 3 aromatic heterocycles. The molecule has 3 heteroatoms. The quantitative estimate of drug-likeness (QED) is 0.278. The zero-order valence-corrected chi connectivity index (χ0v) is 20.7. The van der Waals surface area contributed by atoms with Crippen molar-refractivity contribution in [2.75, 3.05) is 0 Å². The van der Waals surface area contributed by atoms with Crippen LogP contribution in [-0.4, -0.2) is 4.98 Å². The maximum absolute atomic E-state index is 6.46. The maximum Gasteiger partial charge on any atom is 0.227 e. The molecule has 0 saturated carbocycles. The number of benzene rings is 1. The Kier molecular flexibility index (Phi) is 6.37. The van der Waals surface area contributed by atoms with Gasteiger partial charge in [0, 0.05) is 40.9 Å². The van der Waals surface area contributed by atoms with E-state index in [2.05, 4.69) is 93.7 Å². The van der Waals surface area contributed by atoms with Crippen LogP contribution in [-0.2, 0) is 0 Å². The van der Waals surface area contributed by atoms with Gasteiger partial charge in [0.05, 0.1) is 5.56 Å². The van der Waals surface area contributed by atoms with E-state index in [1.807, 2.05) is 6.92 Å². The molecular weight excluding hydrogens is 392 g/mol. The number of hydrogen-bond donors (Lipinski definition) is 0. The van der Waals surface area contributed by atoms with Gasteiger partial charge in [0.25, 0.3) is 0 Å². The molecule has 32 heavy (non-hydrogen) atoms. The summed E-state index contributed by atoms with van der Waals surface area (Å²) in [6, 6.07) is 13.8. The van der Waals surface area contributed by atoms with Gasteiger partial charge in [-0.25, -0.2) is 4.98 Å². The molecule has 3 atom stereocenters. The monoisotopic (exact) mass is 429 g/mol. The minimum atomic E-state index is 0.445. The zero-order valence-electron chi connectivity index (χ0n) is 20.7. The predicted octanol–water partition coefficient (Wildman–Crippen LogP) is 8.06. The van der Waals surface area contributed by atoms with E-state index in [1.54, 1.807) is 0 Å². The van der Waals surface area contributed by atoms with Crippen LogP contribution in [0, 0.1) is 19.8 Å². The number of furan rings is 1. The van der Waals surface area contributed by atoms with Crippen LogP contribution in [0.4, 0.5) is 0 Å². The summed E-state index contributed by atoms with van der Waals surface area (Å²) in [5.74, 6) is 1.12. The Bertz CT molecular complexity index is 1250. The van der Waals surface area contributed by atoms with Crippen LogP contribution in [0.15, 0.2) is 47.0 Å². The van der Waals surface area contributed by atoms with Crippen molar-refractivity contribution in [3.8, 4) is 11.3 Å². The van der Waals surface area contributed by atoms with Crippen LogP contribution in [0.25, 0.3) is 33.3 Å². The predicted molar refractivity (Wildman–Crippen MR) is 134 cm³/mol. The molecule has 0 aliphatic carbocycles. The number of nitrogens with zero attached hydrogens (tertiary/aromatic N) is 2. The second-order valence-corrected chi connectivity index (χ2v) is 9.46. The van der Waals surface area contributed by atoms with E-state index < -0.39 is 0 Å². The van der Waals surface area contributed by atoms with Crippen molar-refractivity contribution in [3.63, 3.8) is 0 Å². The molecule has 0 saturated heterocycles. The topological polar surface area (TPSA) is 29.9 Å². The number of fused-ring (bicyclic) bond motifs is 3. The zero-order chi connectivity index (χ0) is 23.0. The SMILES string of the molecule is CCC(C)c1cc[n+](C(CC)C(C)CC)c(-c2c(C)ccc3c2oc2nc(C)ccc23)c1. The molecule has 0 aliphatic rings. The maximum atomic E-state index is 6.46. The summed E-state index contributed by atoms with van der Waals surface area (Å²) in [5, 5.41) is 2.23. The highest BCUT2D eigenvalue weighted by Gasteiger charge is 2.30. The van der Waals surface area contributed by atoms with Gasteiger partial charge in [-0.05, 0) is 55.9 Å². The average molecular weight is 430 g/mol. The number of hydrogen-bond acceptors (Lipinski definition) is 2. The highest BCUT2D eigenvalue weighted by atomic mass is 16.3. The Hall–Kier alpha value is -2.68. The number of pyridine rings is 2. The fraction of sp³-hybridized carbons (Fsp3) is 0.448. The first-order valence-electron chi connectivity index (χ1n) is 12.2. The largest absolute Gasteiger partial charge is 0.437 e. The molecule has 1 aromatic carbocycles. The van der Waals surface area contributed by atoms with Gasteiger partial charge in [-0.2, -0.15) is 4.57 Å². The van der Waals surface area contributed by atoms with Crippen molar-refractivity contribution in [2.24, 2.45) is 5.92 Å². The standard InChI is InChI=1S/C29H37N2O/c1-8-18(4)22-15-16-31(25(10-3)19(5)9-2)26(17-22)27-20(6)11-13-23-24-14-12-21(7)30-29(24)32-28(23)27/h11-19,25H,8-10H2,1-7H3/q+1. The van der Waals surface area contributed by atoms with Gasteiger partial charge in [-0.3, -0.25) is 0 Å². The molecule has 0 amide bonds. The Morgan fingerprint density at radius 1 is 0.906 bits per heavy atom. The third-order valence-electron chi connectivity index (χ3n) is 7.38. The molecule has 168 valence electrons.